The first kappa shape index (κ1) is 22.9. The molecule has 2 saturated heterocycles. The van der Waals surface area contributed by atoms with E-state index in [4.69, 9.17) is 4.74 Å². The molecule has 0 radical (unpaired) electrons. The minimum Gasteiger partial charge on any atom is -0.387 e. The Bertz CT molecular complexity index is 1160. The molecule has 4 unspecified atom stereocenters. The quantitative estimate of drug-likeness (QED) is 0.584. The molecule has 0 saturated carbocycles. The van der Waals surface area contributed by atoms with Gasteiger partial charge >= 0.3 is 0 Å². The number of rotatable bonds is 5. The number of fused-ring (bicyclic) bond motifs is 5. The topological polar surface area (TPSA) is 35.9 Å². The number of aliphatic hydroxyl groups is 1. The Labute approximate surface area is 207 Å². The Balaban J connectivity index is 1.11. The average molecular weight is 473 g/mol. The standard InChI is InChI=1S/C30H33FN2O2/c31-24-11-10-23-16-22-8-4-5-9-26(22)28-18-25(35-30(28)27(23)17-24)19-32-12-14-33(15-13-32)20-29(34)21-6-2-1-3-7-21/h1-11,17,25,28-30,34H,12-16,18-20H2. The number of halogens is 1. The van der Waals surface area contributed by atoms with Crippen LogP contribution in [0.15, 0.2) is 72.8 Å². The fourth-order valence-electron chi connectivity index (χ4n) is 6.18. The second kappa shape index (κ2) is 9.82. The van der Waals surface area contributed by atoms with Crippen LogP contribution in [-0.4, -0.2) is 60.3 Å². The van der Waals surface area contributed by atoms with Gasteiger partial charge in [0.25, 0.3) is 0 Å². The van der Waals surface area contributed by atoms with Crippen LogP contribution in [0.4, 0.5) is 4.39 Å². The summed E-state index contributed by atoms with van der Waals surface area (Å²) in [6.07, 6.45) is 1.40. The van der Waals surface area contributed by atoms with Crippen molar-refractivity contribution in [1.82, 2.24) is 9.80 Å². The molecule has 2 heterocycles. The van der Waals surface area contributed by atoms with E-state index in [0.29, 0.717) is 6.54 Å². The first-order valence-electron chi connectivity index (χ1n) is 12.8. The predicted octanol–water partition coefficient (Wildman–Crippen LogP) is 4.69. The summed E-state index contributed by atoms with van der Waals surface area (Å²) in [4.78, 5) is 4.84. The van der Waals surface area contributed by atoms with Gasteiger partial charge in [-0.2, -0.15) is 0 Å². The summed E-state index contributed by atoms with van der Waals surface area (Å²) in [5, 5.41) is 10.6. The van der Waals surface area contributed by atoms with Gasteiger partial charge < -0.3 is 9.84 Å². The van der Waals surface area contributed by atoms with E-state index in [9.17, 15) is 9.50 Å². The highest BCUT2D eigenvalue weighted by Crippen LogP contribution is 2.49. The van der Waals surface area contributed by atoms with E-state index in [1.807, 2.05) is 36.4 Å². The Hall–Kier alpha value is -2.57. The molecule has 1 aliphatic carbocycles. The molecule has 0 amide bonds. The zero-order valence-electron chi connectivity index (χ0n) is 20.0. The van der Waals surface area contributed by atoms with Gasteiger partial charge in [-0.05, 0) is 52.8 Å². The maximum atomic E-state index is 14.2. The summed E-state index contributed by atoms with van der Waals surface area (Å²) in [7, 11) is 0. The molecular formula is C30H33FN2O2. The van der Waals surface area contributed by atoms with Crippen molar-refractivity contribution in [3.8, 4) is 0 Å². The van der Waals surface area contributed by atoms with Crippen molar-refractivity contribution in [1.29, 1.82) is 0 Å². The van der Waals surface area contributed by atoms with Crippen LogP contribution < -0.4 is 0 Å². The summed E-state index contributed by atoms with van der Waals surface area (Å²) in [6, 6.07) is 23.8. The highest BCUT2D eigenvalue weighted by molar-refractivity contribution is 5.45. The molecule has 5 heteroatoms. The lowest BCUT2D eigenvalue weighted by Crippen LogP contribution is -2.49. The predicted molar refractivity (Wildman–Crippen MR) is 135 cm³/mol. The maximum absolute atomic E-state index is 14.2. The Morgan fingerprint density at radius 3 is 2.40 bits per heavy atom. The number of hydrogen-bond donors (Lipinski definition) is 1. The Morgan fingerprint density at radius 2 is 1.57 bits per heavy atom. The SMILES string of the molecule is OC(CN1CCN(CC2CC3c4ccccc4Cc4ccc(F)cc4C3O2)CC1)c1ccccc1. The second-order valence-electron chi connectivity index (χ2n) is 10.3. The molecule has 182 valence electrons. The molecule has 6 rings (SSSR count). The van der Waals surface area contributed by atoms with E-state index in [0.717, 1.165) is 56.7 Å². The van der Waals surface area contributed by atoms with Gasteiger partial charge in [0.2, 0.25) is 0 Å². The first-order valence-corrected chi connectivity index (χ1v) is 12.8. The minimum absolute atomic E-state index is 0.0864. The summed E-state index contributed by atoms with van der Waals surface area (Å²) in [5.74, 6) is 0.0795. The van der Waals surface area contributed by atoms with Gasteiger partial charge in [0.05, 0.1) is 18.3 Å². The molecule has 0 bridgehead atoms. The molecule has 0 spiro atoms. The first-order chi connectivity index (χ1) is 17.1. The fourth-order valence-corrected chi connectivity index (χ4v) is 6.18. The minimum atomic E-state index is -0.450. The van der Waals surface area contributed by atoms with Crippen LogP contribution in [-0.2, 0) is 11.2 Å². The van der Waals surface area contributed by atoms with Crippen molar-refractivity contribution >= 4 is 0 Å². The molecule has 3 aliphatic rings. The van der Waals surface area contributed by atoms with Crippen LogP contribution in [0.1, 0.15) is 52.4 Å². The summed E-state index contributed by atoms with van der Waals surface area (Å²) in [6.45, 7) is 5.40. The van der Waals surface area contributed by atoms with Crippen molar-refractivity contribution in [3.63, 3.8) is 0 Å². The third-order valence-corrected chi connectivity index (χ3v) is 8.01. The fraction of sp³-hybridized carbons (Fsp3) is 0.400. The third-order valence-electron chi connectivity index (χ3n) is 8.01. The molecule has 3 aromatic rings. The normalized spacial score (nSPS) is 25.4. The van der Waals surface area contributed by atoms with Crippen LogP contribution >= 0.6 is 0 Å². The van der Waals surface area contributed by atoms with E-state index in [1.54, 1.807) is 12.1 Å². The zero-order valence-corrected chi connectivity index (χ0v) is 20.0. The monoisotopic (exact) mass is 472 g/mol. The van der Waals surface area contributed by atoms with Gasteiger partial charge in [0, 0.05) is 45.2 Å². The molecule has 35 heavy (non-hydrogen) atoms. The van der Waals surface area contributed by atoms with E-state index in [-0.39, 0.29) is 23.9 Å². The lowest BCUT2D eigenvalue weighted by atomic mass is 9.87. The number of piperazine rings is 1. The van der Waals surface area contributed by atoms with E-state index in [1.165, 1.54) is 16.7 Å². The van der Waals surface area contributed by atoms with Crippen LogP contribution in [0.5, 0.6) is 0 Å². The van der Waals surface area contributed by atoms with Crippen LogP contribution in [0, 0.1) is 5.82 Å². The average Bonchev–Trinajstić information content (AvgIpc) is 3.25. The van der Waals surface area contributed by atoms with Crippen molar-refractivity contribution in [2.75, 3.05) is 39.3 Å². The number of aliphatic hydroxyl groups excluding tert-OH is 1. The van der Waals surface area contributed by atoms with Crippen LogP contribution in [0.25, 0.3) is 0 Å². The van der Waals surface area contributed by atoms with Crippen molar-refractivity contribution in [2.45, 2.75) is 37.1 Å². The van der Waals surface area contributed by atoms with Gasteiger partial charge in [-0.1, -0.05) is 60.7 Å². The summed E-state index contributed by atoms with van der Waals surface area (Å²) in [5.41, 5.74) is 5.87. The molecule has 2 aliphatic heterocycles. The van der Waals surface area contributed by atoms with Crippen LogP contribution in [0.2, 0.25) is 0 Å². The molecule has 2 fully saturated rings. The lowest BCUT2D eigenvalue weighted by Gasteiger charge is -2.36. The van der Waals surface area contributed by atoms with E-state index in [2.05, 4.69) is 34.1 Å². The molecule has 3 aromatic carbocycles. The van der Waals surface area contributed by atoms with Crippen molar-refractivity contribution in [3.05, 3.63) is 106 Å². The van der Waals surface area contributed by atoms with E-state index >= 15 is 0 Å². The Morgan fingerprint density at radius 1 is 0.857 bits per heavy atom. The molecule has 4 atom stereocenters. The lowest BCUT2D eigenvalue weighted by molar-refractivity contribution is 0.00454. The maximum Gasteiger partial charge on any atom is 0.123 e. The van der Waals surface area contributed by atoms with Gasteiger partial charge in [0.15, 0.2) is 0 Å². The summed E-state index contributed by atoms with van der Waals surface area (Å²) >= 11 is 0. The molecule has 4 nitrogen and oxygen atoms in total. The van der Waals surface area contributed by atoms with Gasteiger partial charge in [-0.3, -0.25) is 9.80 Å². The van der Waals surface area contributed by atoms with Gasteiger partial charge in [0.1, 0.15) is 5.82 Å². The number of β-amino-alcohol motifs (C(OH)–C–C–N with tert-alkyl or cyclic N) is 1. The summed E-state index contributed by atoms with van der Waals surface area (Å²) < 4.78 is 20.9. The number of benzene rings is 3. The van der Waals surface area contributed by atoms with Gasteiger partial charge in [-0.15, -0.1) is 0 Å². The highest BCUT2D eigenvalue weighted by atomic mass is 19.1. The largest absolute Gasteiger partial charge is 0.387 e. The van der Waals surface area contributed by atoms with Crippen molar-refractivity contribution < 1.29 is 14.2 Å². The number of nitrogens with zero attached hydrogens (tertiary/aromatic N) is 2. The molecular weight excluding hydrogens is 439 g/mol. The second-order valence-corrected chi connectivity index (χ2v) is 10.3. The third kappa shape index (κ3) is 4.78. The van der Waals surface area contributed by atoms with Crippen molar-refractivity contribution in [2.24, 2.45) is 0 Å². The smallest absolute Gasteiger partial charge is 0.123 e. The Kier molecular flexibility index (Phi) is 6.42. The molecule has 1 N–H and O–H groups in total. The van der Waals surface area contributed by atoms with Crippen LogP contribution in [0.3, 0.4) is 0 Å². The number of hydrogen-bond acceptors (Lipinski definition) is 4. The van der Waals surface area contributed by atoms with Gasteiger partial charge in [-0.25, -0.2) is 4.39 Å². The zero-order chi connectivity index (χ0) is 23.8. The molecule has 0 aromatic heterocycles. The van der Waals surface area contributed by atoms with E-state index < -0.39 is 6.10 Å². The highest BCUT2D eigenvalue weighted by Gasteiger charge is 2.41. The number of ether oxygens (including phenoxy) is 1.